The van der Waals surface area contributed by atoms with Gasteiger partial charge < -0.3 is 10.1 Å². The first-order chi connectivity index (χ1) is 8.33. The third-order valence-corrected chi connectivity index (χ3v) is 4.11. The number of carbonyl (C=O) groups excluding carboxylic acids is 2. The fourth-order valence-electron chi connectivity index (χ4n) is 1.13. The van der Waals surface area contributed by atoms with E-state index in [1.54, 1.807) is 23.2 Å². The lowest BCUT2D eigenvalue weighted by atomic mass is 10.3. The average Bonchev–Trinajstić information content (AvgIpc) is 2.72. The highest BCUT2D eigenvalue weighted by molar-refractivity contribution is 8.01. The summed E-state index contributed by atoms with van der Waals surface area (Å²) in [4.78, 5) is 23.6. The Bertz CT molecular complexity index is 435. The van der Waals surface area contributed by atoms with Gasteiger partial charge in [0.2, 0.25) is 5.91 Å². The maximum atomic E-state index is 11.7. The molecule has 6 heteroatoms. The summed E-state index contributed by atoms with van der Waals surface area (Å²) < 4.78 is 4.68. The van der Waals surface area contributed by atoms with Crippen LogP contribution in [-0.2, 0) is 9.53 Å². The number of hydrogen-bond donors (Lipinski definition) is 1. The molecule has 0 bridgehead atoms. The standard InChI is InChI=1S/C12H17NO3S2/c1-12(2,3)18-7-9(14)13-8-5-6-17-10(8)11(15)16-4/h5-6H,7H2,1-4H3,(H,13,14). The fraction of sp³-hybridized carbons (Fsp3) is 0.500. The molecule has 1 rings (SSSR count). The van der Waals surface area contributed by atoms with Crippen LogP contribution in [0.1, 0.15) is 30.4 Å². The molecule has 0 saturated heterocycles. The van der Waals surface area contributed by atoms with Gasteiger partial charge in [-0.1, -0.05) is 20.8 Å². The first-order valence-corrected chi connectivity index (χ1v) is 7.29. The largest absolute Gasteiger partial charge is 0.465 e. The van der Waals surface area contributed by atoms with Crippen LogP contribution in [-0.4, -0.2) is 29.5 Å². The van der Waals surface area contributed by atoms with Crippen molar-refractivity contribution in [2.75, 3.05) is 18.2 Å². The third kappa shape index (κ3) is 4.70. The number of carbonyl (C=O) groups is 2. The lowest BCUT2D eigenvalue weighted by Gasteiger charge is -2.16. The summed E-state index contributed by atoms with van der Waals surface area (Å²) in [6.45, 7) is 6.15. The average molecular weight is 287 g/mol. The Morgan fingerprint density at radius 2 is 2.11 bits per heavy atom. The Hall–Kier alpha value is -1.01. The molecular weight excluding hydrogens is 270 g/mol. The molecule has 0 aliphatic carbocycles. The third-order valence-electron chi connectivity index (χ3n) is 1.95. The number of methoxy groups -OCH3 is 1. The second-order valence-corrected chi connectivity index (χ2v) is 7.32. The van der Waals surface area contributed by atoms with E-state index >= 15 is 0 Å². The van der Waals surface area contributed by atoms with Crippen molar-refractivity contribution in [1.82, 2.24) is 0 Å². The van der Waals surface area contributed by atoms with Gasteiger partial charge in [-0.15, -0.1) is 23.1 Å². The molecule has 4 nitrogen and oxygen atoms in total. The van der Waals surface area contributed by atoms with Gasteiger partial charge in [0, 0.05) is 4.75 Å². The van der Waals surface area contributed by atoms with Crippen LogP contribution in [0.5, 0.6) is 0 Å². The van der Waals surface area contributed by atoms with Crippen molar-refractivity contribution < 1.29 is 14.3 Å². The number of rotatable bonds is 4. The van der Waals surface area contributed by atoms with E-state index in [-0.39, 0.29) is 10.7 Å². The van der Waals surface area contributed by atoms with Crippen LogP contribution in [0.2, 0.25) is 0 Å². The monoisotopic (exact) mass is 287 g/mol. The molecule has 0 unspecified atom stereocenters. The molecule has 0 saturated carbocycles. The number of nitrogens with one attached hydrogen (secondary N) is 1. The Morgan fingerprint density at radius 3 is 2.67 bits per heavy atom. The van der Waals surface area contributed by atoms with Crippen molar-refractivity contribution in [3.05, 3.63) is 16.3 Å². The molecule has 100 valence electrons. The van der Waals surface area contributed by atoms with E-state index in [1.807, 2.05) is 0 Å². The van der Waals surface area contributed by atoms with Crippen molar-refractivity contribution in [3.8, 4) is 0 Å². The predicted octanol–water partition coefficient (Wildman–Crippen LogP) is 3.00. The summed E-state index contributed by atoms with van der Waals surface area (Å²) >= 11 is 2.81. The van der Waals surface area contributed by atoms with E-state index in [4.69, 9.17) is 0 Å². The number of thiophene rings is 1. The fourth-order valence-corrected chi connectivity index (χ4v) is 2.53. The molecule has 1 heterocycles. The molecule has 0 radical (unpaired) electrons. The van der Waals surface area contributed by atoms with Crippen LogP contribution in [0, 0.1) is 0 Å². The molecule has 0 aliphatic rings. The van der Waals surface area contributed by atoms with E-state index in [9.17, 15) is 9.59 Å². The first-order valence-electron chi connectivity index (χ1n) is 5.43. The van der Waals surface area contributed by atoms with Crippen molar-refractivity contribution in [1.29, 1.82) is 0 Å². The number of esters is 1. The zero-order valence-corrected chi connectivity index (χ0v) is 12.5. The van der Waals surface area contributed by atoms with Gasteiger partial charge in [0.25, 0.3) is 0 Å². The molecule has 1 aromatic rings. The second kappa shape index (κ2) is 6.24. The van der Waals surface area contributed by atoms with E-state index < -0.39 is 5.97 Å². The van der Waals surface area contributed by atoms with Crippen molar-refractivity contribution >= 4 is 40.7 Å². The molecule has 0 spiro atoms. The molecule has 0 fully saturated rings. The van der Waals surface area contributed by atoms with Gasteiger partial charge in [-0.25, -0.2) is 4.79 Å². The summed E-state index contributed by atoms with van der Waals surface area (Å²) in [7, 11) is 1.32. The van der Waals surface area contributed by atoms with Crippen LogP contribution >= 0.6 is 23.1 Å². The van der Waals surface area contributed by atoms with E-state index in [0.29, 0.717) is 16.3 Å². The van der Waals surface area contributed by atoms with Gasteiger partial charge in [0.15, 0.2) is 0 Å². The van der Waals surface area contributed by atoms with Crippen LogP contribution in [0.25, 0.3) is 0 Å². The van der Waals surface area contributed by atoms with Gasteiger partial charge in [-0.3, -0.25) is 4.79 Å². The van der Waals surface area contributed by atoms with Crippen molar-refractivity contribution in [3.63, 3.8) is 0 Å². The maximum Gasteiger partial charge on any atom is 0.350 e. The van der Waals surface area contributed by atoms with Crippen molar-refractivity contribution in [2.45, 2.75) is 25.5 Å². The molecule has 0 atom stereocenters. The highest BCUT2D eigenvalue weighted by atomic mass is 32.2. The number of ether oxygens (including phenoxy) is 1. The molecule has 0 aromatic carbocycles. The zero-order valence-electron chi connectivity index (χ0n) is 10.9. The normalized spacial score (nSPS) is 11.1. The summed E-state index contributed by atoms with van der Waals surface area (Å²) in [6, 6.07) is 1.70. The topological polar surface area (TPSA) is 55.4 Å². The molecule has 1 amide bonds. The number of thioether (sulfide) groups is 1. The lowest BCUT2D eigenvalue weighted by Crippen LogP contribution is -2.19. The van der Waals surface area contributed by atoms with Crippen molar-refractivity contribution in [2.24, 2.45) is 0 Å². The van der Waals surface area contributed by atoms with Crippen LogP contribution in [0.15, 0.2) is 11.4 Å². The summed E-state index contributed by atoms with van der Waals surface area (Å²) in [5.41, 5.74) is 0.520. The Labute approximate surface area is 115 Å². The van der Waals surface area contributed by atoms with Gasteiger partial charge >= 0.3 is 5.97 Å². The van der Waals surface area contributed by atoms with E-state index in [1.165, 1.54) is 18.4 Å². The lowest BCUT2D eigenvalue weighted by molar-refractivity contribution is -0.113. The van der Waals surface area contributed by atoms with Gasteiger partial charge in [-0.2, -0.15) is 0 Å². The number of anilines is 1. The zero-order chi connectivity index (χ0) is 13.8. The van der Waals surface area contributed by atoms with Crippen LogP contribution in [0.4, 0.5) is 5.69 Å². The Kier molecular flexibility index (Phi) is 5.22. The summed E-state index contributed by atoms with van der Waals surface area (Å²) in [5.74, 6) is -0.179. The number of hydrogen-bond acceptors (Lipinski definition) is 5. The maximum absolute atomic E-state index is 11.7. The van der Waals surface area contributed by atoms with Crippen LogP contribution < -0.4 is 5.32 Å². The quantitative estimate of drug-likeness (QED) is 0.865. The first kappa shape index (κ1) is 15.0. The molecule has 0 aliphatic heterocycles. The molecule has 1 N–H and O–H groups in total. The Morgan fingerprint density at radius 1 is 1.44 bits per heavy atom. The molecule has 18 heavy (non-hydrogen) atoms. The molecule has 1 aromatic heterocycles. The molecular formula is C12H17NO3S2. The van der Waals surface area contributed by atoms with Gasteiger partial charge in [0.1, 0.15) is 4.88 Å². The minimum atomic E-state index is -0.427. The summed E-state index contributed by atoms with van der Waals surface area (Å²) in [5, 5.41) is 4.48. The predicted molar refractivity (Wildman–Crippen MR) is 76.5 cm³/mol. The second-order valence-electron chi connectivity index (χ2n) is 4.60. The van der Waals surface area contributed by atoms with Gasteiger partial charge in [-0.05, 0) is 11.4 Å². The summed E-state index contributed by atoms with van der Waals surface area (Å²) in [6.07, 6.45) is 0. The minimum Gasteiger partial charge on any atom is -0.465 e. The highest BCUT2D eigenvalue weighted by Gasteiger charge is 2.17. The van der Waals surface area contributed by atoms with Gasteiger partial charge in [0.05, 0.1) is 18.6 Å². The smallest absolute Gasteiger partial charge is 0.350 e. The Balaban J connectivity index is 2.60. The van der Waals surface area contributed by atoms with Crippen LogP contribution in [0.3, 0.4) is 0 Å². The van der Waals surface area contributed by atoms with E-state index in [0.717, 1.165) is 0 Å². The highest BCUT2D eigenvalue weighted by Crippen LogP contribution is 2.25. The van der Waals surface area contributed by atoms with E-state index in [2.05, 4.69) is 30.8 Å². The SMILES string of the molecule is COC(=O)c1sccc1NC(=O)CSC(C)(C)C. The minimum absolute atomic E-state index is 0.0389. The number of amides is 1.